The van der Waals surface area contributed by atoms with Crippen molar-refractivity contribution in [3.63, 3.8) is 0 Å². The molecule has 100 valence electrons. The summed E-state index contributed by atoms with van der Waals surface area (Å²) >= 11 is 0. The van der Waals surface area contributed by atoms with Gasteiger partial charge in [-0.2, -0.15) is 0 Å². The van der Waals surface area contributed by atoms with Crippen molar-refractivity contribution < 1.29 is 13.8 Å². The molecule has 5 nitrogen and oxygen atoms in total. The fourth-order valence-corrected chi connectivity index (χ4v) is 2.04. The lowest BCUT2D eigenvalue weighted by atomic mass is 10.1. The highest BCUT2D eigenvalue weighted by molar-refractivity contribution is 5.85. The molecule has 3 aromatic rings. The van der Waals surface area contributed by atoms with Crippen LogP contribution in [0.25, 0.3) is 23.1 Å². The van der Waals surface area contributed by atoms with Crippen LogP contribution in [0.5, 0.6) is 0 Å². The average Bonchev–Trinajstić information content (AvgIpc) is 3.03. The summed E-state index contributed by atoms with van der Waals surface area (Å²) in [7, 11) is 0. The number of para-hydroxylation sites is 1. The van der Waals surface area contributed by atoms with Crippen LogP contribution in [0, 0.1) is 17.0 Å². The van der Waals surface area contributed by atoms with Gasteiger partial charge in [-0.3, -0.25) is 10.1 Å². The first-order valence-corrected chi connectivity index (χ1v) is 6.05. The molecule has 1 aromatic carbocycles. The first kappa shape index (κ1) is 12.2. The smallest absolute Gasteiger partial charge is 0.433 e. The lowest BCUT2D eigenvalue weighted by Gasteiger charge is -1.88. The Kier molecular flexibility index (Phi) is 2.87. The number of furan rings is 2. The molecule has 0 unspecified atom stereocenters. The fourth-order valence-electron chi connectivity index (χ4n) is 2.04. The Hall–Kier alpha value is -2.82. The van der Waals surface area contributed by atoms with Gasteiger partial charge in [-0.25, -0.2) is 0 Å². The third kappa shape index (κ3) is 2.09. The van der Waals surface area contributed by atoms with Gasteiger partial charge in [0.05, 0.1) is 6.07 Å². The second-order valence-corrected chi connectivity index (χ2v) is 4.35. The minimum atomic E-state index is -0.566. The van der Waals surface area contributed by atoms with Crippen LogP contribution >= 0.6 is 0 Å². The van der Waals surface area contributed by atoms with Gasteiger partial charge in [0.1, 0.15) is 22.0 Å². The molecule has 0 amide bonds. The Morgan fingerprint density at radius 2 is 1.90 bits per heavy atom. The Morgan fingerprint density at radius 3 is 2.60 bits per heavy atom. The van der Waals surface area contributed by atoms with Gasteiger partial charge in [0, 0.05) is 10.9 Å². The number of rotatable bonds is 3. The van der Waals surface area contributed by atoms with Gasteiger partial charge in [0.15, 0.2) is 0 Å². The highest BCUT2D eigenvalue weighted by atomic mass is 16.6. The van der Waals surface area contributed by atoms with Crippen molar-refractivity contribution in [1.29, 1.82) is 0 Å². The monoisotopic (exact) mass is 269 g/mol. The molecule has 0 aliphatic rings. The third-order valence-corrected chi connectivity index (χ3v) is 3.07. The zero-order chi connectivity index (χ0) is 14.1. The summed E-state index contributed by atoms with van der Waals surface area (Å²) in [5.41, 5.74) is 1.84. The van der Waals surface area contributed by atoms with Gasteiger partial charge in [0.2, 0.25) is 0 Å². The van der Waals surface area contributed by atoms with Gasteiger partial charge in [-0.1, -0.05) is 18.2 Å². The topological polar surface area (TPSA) is 69.4 Å². The number of hydrogen-bond donors (Lipinski definition) is 0. The Bertz CT molecular complexity index is 810. The van der Waals surface area contributed by atoms with Crippen molar-refractivity contribution in [3.8, 4) is 0 Å². The molecule has 0 radical (unpaired) electrons. The zero-order valence-corrected chi connectivity index (χ0v) is 10.7. The van der Waals surface area contributed by atoms with Crippen molar-refractivity contribution in [3.05, 3.63) is 63.6 Å². The molecule has 0 atom stereocenters. The van der Waals surface area contributed by atoms with Gasteiger partial charge >= 0.3 is 5.88 Å². The second kappa shape index (κ2) is 4.70. The van der Waals surface area contributed by atoms with E-state index in [1.165, 1.54) is 6.07 Å². The van der Waals surface area contributed by atoms with E-state index in [0.717, 1.165) is 16.5 Å². The predicted molar refractivity (Wildman–Crippen MR) is 75.2 cm³/mol. The zero-order valence-electron chi connectivity index (χ0n) is 10.7. The summed E-state index contributed by atoms with van der Waals surface area (Å²) in [4.78, 5) is 9.96. The van der Waals surface area contributed by atoms with Gasteiger partial charge in [-0.15, -0.1) is 0 Å². The molecule has 0 saturated heterocycles. The Labute approximate surface area is 114 Å². The van der Waals surface area contributed by atoms with Crippen molar-refractivity contribution >= 4 is 29.0 Å². The number of benzene rings is 1. The molecule has 0 bridgehead atoms. The number of nitro groups is 1. The summed E-state index contributed by atoms with van der Waals surface area (Å²) in [6.07, 6.45) is 3.40. The maximum atomic E-state index is 10.5. The van der Waals surface area contributed by atoms with Gasteiger partial charge in [-0.05, 0) is 31.2 Å². The van der Waals surface area contributed by atoms with Crippen LogP contribution in [0.15, 0.2) is 45.2 Å². The number of aryl methyl sites for hydroxylation is 1. The minimum Gasteiger partial charge on any atom is -0.456 e. The summed E-state index contributed by atoms with van der Waals surface area (Å²) in [6.45, 7) is 1.97. The maximum absolute atomic E-state index is 10.5. The standard InChI is InChI=1S/C15H11NO4/c1-10-12-4-2-3-5-14(12)20-13(10)8-6-11-7-9-15(19-11)16(17)18/h2-9H,1H3. The Balaban J connectivity index is 1.93. The van der Waals surface area contributed by atoms with Crippen LogP contribution in [0.4, 0.5) is 5.88 Å². The van der Waals surface area contributed by atoms with Crippen molar-refractivity contribution in [2.24, 2.45) is 0 Å². The van der Waals surface area contributed by atoms with E-state index in [2.05, 4.69) is 0 Å². The SMILES string of the molecule is Cc1c(C=Cc2ccc([N+](=O)[O-])o2)oc2ccccc12. The molecule has 0 aliphatic heterocycles. The fraction of sp³-hybridized carbons (Fsp3) is 0.0667. The van der Waals surface area contributed by atoms with E-state index in [4.69, 9.17) is 8.83 Å². The number of hydrogen-bond acceptors (Lipinski definition) is 4. The van der Waals surface area contributed by atoms with Crippen LogP contribution in [0.2, 0.25) is 0 Å². The number of nitrogens with zero attached hydrogens (tertiary/aromatic N) is 1. The Morgan fingerprint density at radius 1 is 1.10 bits per heavy atom. The summed E-state index contributed by atoms with van der Waals surface area (Å²) in [5, 5.41) is 11.6. The molecule has 2 aromatic heterocycles. The van der Waals surface area contributed by atoms with E-state index in [-0.39, 0.29) is 5.88 Å². The van der Waals surface area contributed by atoms with Crippen LogP contribution in [-0.4, -0.2) is 4.92 Å². The molecule has 5 heteroatoms. The van der Waals surface area contributed by atoms with Crippen LogP contribution in [0.1, 0.15) is 17.1 Å². The van der Waals surface area contributed by atoms with E-state index in [9.17, 15) is 10.1 Å². The minimum absolute atomic E-state index is 0.272. The normalized spacial score (nSPS) is 11.4. The predicted octanol–water partition coefficient (Wildman–Crippen LogP) is 4.41. The third-order valence-electron chi connectivity index (χ3n) is 3.07. The van der Waals surface area contributed by atoms with E-state index in [1.807, 2.05) is 31.2 Å². The highest BCUT2D eigenvalue weighted by Crippen LogP contribution is 2.26. The van der Waals surface area contributed by atoms with E-state index in [1.54, 1.807) is 18.2 Å². The van der Waals surface area contributed by atoms with E-state index in [0.29, 0.717) is 11.5 Å². The molecule has 0 aliphatic carbocycles. The summed E-state index contributed by atoms with van der Waals surface area (Å²) in [6, 6.07) is 10.6. The maximum Gasteiger partial charge on any atom is 0.433 e. The average molecular weight is 269 g/mol. The highest BCUT2D eigenvalue weighted by Gasteiger charge is 2.11. The molecular formula is C15H11NO4. The molecule has 0 spiro atoms. The van der Waals surface area contributed by atoms with Crippen molar-refractivity contribution in [1.82, 2.24) is 0 Å². The lowest BCUT2D eigenvalue weighted by molar-refractivity contribution is -0.402. The largest absolute Gasteiger partial charge is 0.456 e. The molecule has 2 heterocycles. The lowest BCUT2D eigenvalue weighted by Crippen LogP contribution is -1.82. The molecule has 0 saturated carbocycles. The molecule has 0 fully saturated rings. The van der Waals surface area contributed by atoms with Crippen LogP contribution in [-0.2, 0) is 0 Å². The van der Waals surface area contributed by atoms with E-state index >= 15 is 0 Å². The van der Waals surface area contributed by atoms with Crippen LogP contribution in [0.3, 0.4) is 0 Å². The van der Waals surface area contributed by atoms with Gasteiger partial charge < -0.3 is 8.83 Å². The number of fused-ring (bicyclic) bond motifs is 1. The van der Waals surface area contributed by atoms with Crippen molar-refractivity contribution in [2.45, 2.75) is 6.92 Å². The second-order valence-electron chi connectivity index (χ2n) is 4.35. The molecule has 20 heavy (non-hydrogen) atoms. The quantitative estimate of drug-likeness (QED) is 0.521. The first-order chi connectivity index (χ1) is 9.65. The summed E-state index contributed by atoms with van der Waals surface area (Å²) < 4.78 is 10.8. The molecule has 3 rings (SSSR count). The van der Waals surface area contributed by atoms with Crippen molar-refractivity contribution in [2.75, 3.05) is 0 Å². The summed E-state index contributed by atoms with van der Waals surface area (Å²) in [5.74, 6) is 0.854. The van der Waals surface area contributed by atoms with E-state index < -0.39 is 4.92 Å². The molecular weight excluding hydrogens is 258 g/mol. The van der Waals surface area contributed by atoms with Gasteiger partial charge in [0.25, 0.3) is 0 Å². The van der Waals surface area contributed by atoms with Crippen LogP contribution < -0.4 is 0 Å². The first-order valence-electron chi connectivity index (χ1n) is 6.05. The molecule has 0 N–H and O–H groups in total.